The van der Waals surface area contributed by atoms with E-state index < -0.39 is 12.1 Å². The highest BCUT2D eigenvalue weighted by Gasteiger charge is 2.45. The number of amides is 6. The van der Waals surface area contributed by atoms with E-state index in [4.69, 9.17) is 0 Å². The number of anilines is 4. The maximum atomic E-state index is 13.1. The Bertz CT molecular complexity index is 1840. The molecule has 0 radical (unpaired) electrons. The van der Waals surface area contributed by atoms with Crippen LogP contribution >= 0.6 is 23.5 Å². The van der Waals surface area contributed by atoms with Crippen LogP contribution in [0.25, 0.3) is 0 Å². The Balaban J connectivity index is 1.11. The molecule has 0 bridgehead atoms. The van der Waals surface area contributed by atoms with Crippen LogP contribution in [0.15, 0.2) is 97.1 Å². The third kappa shape index (κ3) is 9.62. The number of nitrogens with zero attached hydrogens (tertiary/aromatic N) is 2. The van der Waals surface area contributed by atoms with E-state index in [0.717, 1.165) is 52.9 Å². The van der Waals surface area contributed by atoms with Gasteiger partial charge < -0.3 is 10.6 Å². The fraction of sp³-hybridized carbons (Fsp3) is 0.317. The van der Waals surface area contributed by atoms with Gasteiger partial charge >= 0.3 is 12.1 Å². The first-order valence-electron chi connectivity index (χ1n) is 17.4. The summed E-state index contributed by atoms with van der Waals surface area (Å²) in [7, 11) is 0. The number of hydrogen-bond donors (Lipinski definition) is 2. The van der Waals surface area contributed by atoms with Gasteiger partial charge in [-0.3, -0.25) is 9.59 Å². The van der Waals surface area contributed by atoms with Gasteiger partial charge in [0.1, 0.15) is 0 Å². The molecule has 5 rings (SSSR count). The summed E-state index contributed by atoms with van der Waals surface area (Å²) in [6.07, 6.45) is 4.08. The first-order chi connectivity index (χ1) is 24.3. The van der Waals surface area contributed by atoms with E-state index in [-0.39, 0.29) is 20.0 Å². The highest BCUT2D eigenvalue weighted by atomic mass is 32.2. The summed E-state index contributed by atoms with van der Waals surface area (Å²) in [6, 6.07) is 29.6. The zero-order chi connectivity index (χ0) is 36.8. The van der Waals surface area contributed by atoms with Gasteiger partial charge in [-0.15, -0.1) is 0 Å². The predicted octanol–water partition coefficient (Wildman–Crippen LogP) is 11.7. The fourth-order valence-electron chi connectivity index (χ4n) is 5.40. The molecule has 1 fully saturated rings. The Morgan fingerprint density at radius 3 is 1.20 bits per heavy atom. The molecule has 51 heavy (non-hydrogen) atoms. The van der Waals surface area contributed by atoms with Gasteiger partial charge in [-0.25, -0.2) is 19.4 Å². The minimum Gasteiger partial charge on any atom is -0.317 e. The molecule has 0 aliphatic carbocycles. The summed E-state index contributed by atoms with van der Waals surface area (Å²) in [5, 5.41) is 5.80. The normalized spacial score (nSPS) is 13.2. The highest BCUT2D eigenvalue weighted by molar-refractivity contribution is 8.15. The average Bonchev–Trinajstić information content (AvgIpc) is 3.11. The second-order valence-corrected chi connectivity index (χ2v) is 16.9. The van der Waals surface area contributed by atoms with Crippen molar-refractivity contribution in [2.45, 2.75) is 83.1 Å². The number of urea groups is 2. The number of hydrogen-bond acceptors (Lipinski definition) is 6. The van der Waals surface area contributed by atoms with Gasteiger partial charge in [0.05, 0.1) is 11.4 Å². The van der Waals surface area contributed by atoms with E-state index in [0.29, 0.717) is 24.2 Å². The molecule has 0 saturated carbocycles. The predicted molar refractivity (Wildman–Crippen MR) is 214 cm³/mol. The summed E-state index contributed by atoms with van der Waals surface area (Å²) >= 11 is 2.65. The van der Waals surface area contributed by atoms with E-state index in [1.165, 1.54) is 33.3 Å². The number of nitrogens with one attached hydrogen (secondary N) is 2. The smallest absolute Gasteiger partial charge is 0.317 e. The average molecular weight is 723 g/mol. The van der Waals surface area contributed by atoms with Crippen molar-refractivity contribution in [2.75, 3.05) is 20.4 Å². The number of thioether (sulfide) groups is 2. The van der Waals surface area contributed by atoms with Crippen LogP contribution in [0.1, 0.15) is 83.1 Å². The van der Waals surface area contributed by atoms with Crippen LogP contribution in [0, 0.1) is 0 Å². The quantitative estimate of drug-likeness (QED) is 0.143. The number of imide groups is 2. The molecule has 1 saturated heterocycles. The zero-order valence-electron chi connectivity index (χ0n) is 30.1. The molecule has 0 unspecified atom stereocenters. The standard InChI is InChI=1S/C41H46N4O4S2/c1-7-40(4,5)50-36(46)42-32-18-10-28(11-19-32)26-30-14-22-34(23-15-30)44-38(48)45(39(44)49)35-24-16-31(17-25-35)27-29-12-20-33(21-13-29)43-37(47)51-41(6,8-2)9-3/h10-25H,7-9,26-27H2,1-6H3,(H,42,46)(H,43,47). The SMILES string of the molecule is CCC(C)(C)SC(=O)Nc1ccc(Cc2ccc(N3C(=O)N(c4ccc(Cc5ccc(NC(=O)SC(C)(CC)CC)cc5)cc4)C3=O)cc2)cc1. The van der Waals surface area contributed by atoms with Crippen molar-refractivity contribution in [1.29, 1.82) is 0 Å². The second-order valence-electron chi connectivity index (χ2n) is 13.6. The molecular weight excluding hydrogens is 677 g/mol. The van der Waals surface area contributed by atoms with Crippen molar-refractivity contribution in [3.63, 3.8) is 0 Å². The van der Waals surface area contributed by atoms with Crippen LogP contribution in [-0.2, 0) is 12.8 Å². The molecule has 6 amide bonds. The molecule has 0 aromatic heterocycles. The lowest BCUT2D eigenvalue weighted by Gasteiger charge is -2.38. The third-order valence-corrected chi connectivity index (χ3v) is 11.9. The molecule has 2 N–H and O–H groups in total. The third-order valence-electron chi connectivity index (χ3n) is 9.43. The Morgan fingerprint density at radius 1 is 0.529 bits per heavy atom. The Kier molecular flexibility index (Phi) is 12.0. The summed E-state index contributed by atoms with van der Waals surface area (Å²) in [4.78, 5) is 53.5. The molecule has 4 aromatic rings. The Labute approximate surface area is 309 Å². The molecule has 10 heteroatoms. The molecule has 1 aliphatic rings. The van der Waals surface area contributed by atoms with Crippen LogP contribution in [0.2, 0.25) is 0 Å². The van der Waals surface area contributed by atoms with Crippen molar-refractivity contribution in [2.24, 2.45) is 0 Å². The van der Waals surface area contributed by atoms with E-state index in [2.05, 4.69) is 52.2 Å². The van der Waals surface area contributed by atoms with E-state index in [1.54, 1.807) is 24.3 Å². The van der Waals surface area contributed by atoms with Crippen LogP contribution in [-0.4, -0.2) is 32.0 Å². The van der Waals surface area contributed by atoms with Crippen LogP contribution in [0.5, 0.6) is 0 Å². The van der Waals surface area contributed by atoms with Gasteiger partial charge in [-0.1, -0.05) is 107 Å². The lowest BCUT2D eigenvalue weighted by Crippen LogP contribution is -2.64. The van der Waals surface area contributed by atoms with E-state index >= 15 is 0 Å². The van der Waals surface area contributed by atoms with Crippen molar-refractivity contribution >= 4 is 68.8 Å². The summed E-state index contributed by atoms with van der Waals surface area (Å²) in [6.45, 7) is 12.5. The highest BCUT2D eigenvalue weighted by Crippen LogP contribution is 2.34. The number of rotatable bonds is 13. The molecule has 266 valence electrons. The Morgan fingerprint density at radius 2 is 0.863 bits per heavy atom. The summed E-state index contributed by atoms with van der Waals surface area (Å²) in [5.74, 6) is 0. The largest absolute Gasteiger partial charge is 0.345 e. The van der Waals surface area contributed by atoms with Crippen molar-refractivity contribution < 1.29 is 19.2 Å². The van der Waals surface area contributed by atoms with Crippen molar-refractivity contribution in [3.8, 4) is 0 Å². The molecular formula is C41H46N4O4S2. The zero-order valence-corrected chi connectivity index (χ0v) is 31.8. The second kappa shape index (κ2) is 16.2. The molecule has 1 heterocycles. The lowest BCUT2D eigenvalue weighted by atomic mass is 10.0. The van der Waals surface area contributed by atoms with Gasteiger partial charge in [0, 0.05) is 20.9 Å². The number of carbonyl (C=O) groups excluding carboxylic acids is 4. The van der Waals surface area contributed by atoms with E-state index in [1.807, 2.05) is 72.8 Å². The molecule has 1 aliphatic heterocycles. The lowest BCUT2D eigenvalue weighted by molar-refractivity contribution is 0.226. The molecule has 8 nitrogen and oxygen atoms in total. The first-order valence-corrected chi connectivity index (χ1v) is 19.0. The molecule has 4 aromatic carbocycles. The maximum Gasteiger partial charge on any atom is 0.345 e. The first kappa shape index (κ1) is 37.7. The monoisotopic (exact) mass is 722 g/mol. The summed E-state index contributed by atoms with van der Waals surface area (Å²) in [5.41, 5.74) is 6.79. The van der Waals surface area contributed by atoms with Crippen LogP contribution in [0.3, 0.4) is 0 Å². The van der Waals surface area contributed by atoms with Crippen LogP contribution in [0.4, 0.5) is 41.9 Å². The van der Waals surface area contributed by atoms with Gasteiger partial charge in [-0.2, -0.15) is 0 Å². The fourth-order valence-corrected chi connectivity index (χ4v) is 7.12. The minimum absolute atomic E-state index is 0.0527. The van der Waals surface area contributed by atoms with Gasteiger partial charge in [-0.05, 0) is 110 Å². The van der Waals surface area contributed by atoms with Crippen molar-refractivity contribution in [1.82, 2.24) is 0 Å². The summed E-state index contributed by atoms with van der Waals surface area (Å²) < 4.78 is -0.190. The van der Waals surface area contributed by atoms with E-state index in [9.17, 15) is 19.2 Å². The Hall–Kier alpha value is -4.54. The van der Waals surface area contributed by atoms with Gasteiger partial charge in [0.15, 0.2) is 0 Å². The number of benzene rings is 4. The topological polar surface area (TPSA) is 98.8 Å². The minimum atomic E-state index is -0.396. The van der Waals surface area contributed by atoms with Gasteiger partial charge in [0.25, 0.3) is 10.5 Å². The number of carbonyl (C=O) groups is 4. The van der Waals surface area contributed by atoms with Gasteiger partial charge in [0.2, 0.25) is 0 Å². The molecule has 0 atom stereocenters. The maximum absolute atomic E-state index is 13.1. The van der Waals surface area contributed by atoms with Crippen molar-refractivity contribution in [3.05, 3.63) is 119 Å². The van der Waals surface area contributed by atoms with Crippen LogP contribution < -0.4 is 20.4 Å². The molecule has 0 spiro atoms.